The van der Waals surface area contributed by atoms with Crippen molar-refractivity contribution in [2.75, 3.05) is 21.1 Å². The smallest absolute Gasteiger partial charge is 0.404 e. The van der Waals surface area contributed by atoms with Gasteiger partial charge in [0.25, 0.3) is 0 Å². The topological polar surface area (TPSA) is 90.0 Å². The Labute approximate surface area is 94.0 Å². The summed E-state index contributed by atoms with van der Waals surface area (Å²) in [6.07, 6.45) is 1.66. The lowest BCUT2D eigenvalue weighted by Gasteiger charge is -2.19. The molecule has 0 heterocycles. The largest absolute Gasteiger partial charge is 0.465 e. The summed E-state index contributed by atoms with van der Waals surface area (Å²) >= 11 is 0. The Bertz CT molecular complexity index is 265. The lowest BCUT2D eigenvalue weighted by atomic mass is 10.6. The summed E-state index contributed by atoms with van der Waals surface area (Å²) in [5, 5.41) is 9.56. The van der Waals surface area contributed by atoms with Crippen LogP contribution in [0.15, 0.2) is 0 Å². The van der Waals surface area contributed by atoms with Crippen LogP contribution in [0.25, 0.3) is 0 Å². The molecule has 92 valence electrons. The minimum atomic E-state index is -0.995. The van der Waals surface area contributed by atoms with E-state index in [-0.39, 0.29) is 6.03 Å². The number of imide groups is 1. The Kier molecular flexibility index (Phi) is 5.91. The number of nitrogens with zero attached hydrogens (tertiary/aromatic N) is 2. The summed E-state index contributed by atoms with van der Waals surface area (Å²) in [5.74, 6) is 0. The van der Waals surface area contributed by atoms with Gasteiger partial charge < -0.3 is 15.3 Å². The fourth-order valence-corrected chi connectivity index (χ4v) is 0.912. The molecule has 7 heteroatoms. The molecule has 7 nitrogen and oxygen atoms in total. The fraction of sp³-hybridized carbons (Fsp3) is 0.667. The molecule has 0 aromatic rings. The van der Waals surface area contributed by atoms with E-state index in [1.807, 2.05) is 5.32 Å². The molecule has 0 aromatic carbocycles. The number of carboxylic acid groups (broad SMARTS) is 1. The molecule has 0 atom stereocenters. The van der Waals surface area contributed by atoms with Crippen LogP contribution < -0.4 is 5.32 Å². The monoisotopic (exact) mass is 231 g/mol. The van der Waals surface area contributed by atoms with Crippen molar-refractivity contribution >= 4 is 18.5 Å². The molecule has 0 spiro atoms. The number of carbonyl (C=O) groups is 3. The Hall–Kier alpha value is -1.79. The zero-order chi connectivity index (χ0) is 12.7. The molecular weight excluding hydrogens is 214 g/mol. The van der Waals surface area contributed by atoms with E-state index in [4.69, 9.17) is 5.11 Å². The van der Waals surface area contributed by atoms with Gasteiger partial charge in [0.2, 0.25) is 6.41 Å². The summed E-state index contributed by atoms with van der Waals surface area (Å²) < 4.78 is 0. The molecule has 16 heavy (non-hydrogen) atoms. The van der Waals surface area contributed by atoms with E-state index in [1.54, 1.807) is 11.9 Å². The molecule has 1 aliphatic carbocycles. The molecule has 1 fully saturated rings. The molecule has 0 aliphatic heterocycles. The van der Waals surface area contributed by atoms with Gasteiger partial charge in [0.15, 0.2) is 0 Å². The highest BCUT2D eigenvalue weighted by atomic mass is 16.4. The summed E-state index contributed by atoms with van der Waals surface area (Å²) in [7, 11) is 4.54. The molecule has 1 saturated carbocycles. The van der Waals surface area contributed by atoms with E-state index in [2.05, 4.69) is 0 Å². The molecule has 0 aromatic heterocycles. The highest BCUT2D eigenvalue weighted by molar-refractivity contribution is 5.84. The molecular formula is C9H17N3O4. The van der Waals surface area contributed by atoms with E-state index in [9.17, 15) is 14.4 Å². The molecule has 0 radical (unpaired) electrons. The lowest BCUT2D eigenvalue weighted by molar-refractivity contribution is -0.115. The van der Waals surface area contributed by atoms with Gasteiger partial charge >= 0.3 is 12.1 Å². The Balaban J connectivity index is 0.000000385. The predicted molar refractivity (Wildman–Crippen MR) is 57.1 cm³/mol. The van der Waals surface area contributed by atoms with Crippen molar-refractivity contribution in [3.63, 3.8) is 0 Å². The SMILES string of the molecule is CN(C=O)C(=O)N(C)C1CC1.CNC(=O)O. The maximum atomic E-state index is 11.2. The number of urea groups is 1. The van der Waals surface area contributed by atoms with Crippen molar-refractivity contribution in [2.45, 2.75) is 18.9 Å². The van der Waals surface area contributed by atoms with Crippen molar-refractivity contribution in [3.05, 3.63) is 0 Å². The second-order valence-electron chi connectivity index (χ2n) is 3.40. The number of amides is 4. The number of hydrogen-bond donors (Lipinski definition) is 2. The molecule has 4 amide bonds. The van der Waals surface area contributed by atoms with Crippen LogP contribution in [0, 0.1) is 0 Å². The van der Waals surface area contributed by atoms with Crippen LogP contribution in [-0.4, -0.2) is 60.6 Å². The summed E-state index contributed by atoms with van der Waals surface area (Å²) in [6, 6.07) is 0.146. The Morgan fingerprint density at radius 3 is 2.06 bits per heavy atom. The molecule has 1 rings (SSSR count). The van der Waals surface area contributed by atoms with E-state index in [0.29, 0.717) is 12.5 Å². The van der Waals surface area contributed by atoms with Gasteiger partial charge in [-0.25, -0.2) is 9.59 Å². The first-order valence-electron chi connectivity index (χ1n) is 4.79. The van der Waals surface area contributed by atoms with E-state index < -0.39 is 6.09 Å². The van der Waals surface area contributed by atoms with Crippen LogP contribution in [0.3, 0.4) is 0 Å². The van der Waals surface area contributed by atoms with Crippen molar-refractivity contribution in [3.8, 4) is 0 Å². The minimum absolute atomic E-state index is 0.220. The first-order chi connectivity index (χ1) is 7.43. The number of carbonyl (C=O) groups excluding carboxylic acids is 2. The maximum Gasteiger partial charge on any atom is 0.404 e. The normalized spacial score (nSPS) is 12.9. The molecule has 0 unspecified atom stereocenters. The molecule has 2 N–H and O–H groups in total. The second-order valence-corrected chi connectivity index (χ2v) is 3.40. The van der Waals surface area contributed by atoms with E-state index >= 15 is 0 Å². The van der Waals surface area contributed by atoms with Crippen LogP contribution in [0.1, 0.15) is 12.8 Å². The average molecular weight is 231 g/mol. The number of rotatable bonds is 2. The lowest BCUT2D eigenvalue weighted by Crippen LogP contribution is -2.39. The highest BCUT2D eigenvalue weighted by Gasteiger charge is 2.30. The van der Waals surface area contributed by atoms with Crippen molar-refractivity contribution < 1.29 is 19.5 Å². The first kappa shape index (κ1) is 14.2. The van der Waals surface area contributed by atoms with Gasteiger partial charge in [-0.15, -0.1) is 0 Å². The number of nitrogens with one attached hydrogen (secondary N) is 1. The van der Waals surface area contributed by atoms with E-state index in [1.165, 1.54) is 14.1 Å². The minimum Gasteiger partial charge on any atom is -0.465 e. The van der Waals surface area contributed by atoms with Gasteiger partial charge in [0.1, 0.15) is 0 Å². The molecule has 0 saturated heterocycles. The maximum absolute atomic E-state index is 11.2. The second kappa shape index (κ2) is 6.65. The van der Waals surface area contributed by atoms with Crippen LogP contribution in [-0.2, 0) is 4.79 Å². The van der Waals surface area contributed by atoms with Gasteiger partial charge in [0, 0.05) is 27.2 Å². The van der Waals surface area contributed by atoms with Gasteiger partial charge in [-0.3, -0.25) is 9.69 Å². The van der Waals surface area contributed by atoms with Gasteiger partial charge in [-0.2, -0.15) is 0 Å². The third-order valence-corrected chi connectivity index (χ3v) is 2.07. The molecule has 0 bridgehead atoms. The van der Waals surface area contributed by atoms with Gasteiger partial charge in [-0.05, 0) is 12.8 Å². The van der Waals surface area contributed by atoms with Crippen LogP contribution in [0.4, 0.5) is 9.59 Å². The highest BCUT2D eigenvalue weighted by Crippen LogP contribution is 2.25. The predicted octanol–water partition coefficient (Wildman–Crippen LogP) is 0.173. The Morgan fingerprint density at radius 1 is 1.38 bits per heavy atom. The van der Waals surface area contributed by atoms with Crippen LogP contribution in [0.2, 0.25) is 0 Å². The van der Waals surface area contributed by atoms with Crippen LogP contribution >= 0.6 is 0 Å². The number of hydrogen-bond acceptors (Lipinski definition) is 3. The van der Waals surface area contributed by atoms with E-state index in [0.717, 1.165) is 17.7 Å². The summed E-state index contributed by atoms with van der Waals surface area (Å²) in [5.41, 5.74) is 0. The Morgan fingerprint density at radius 2 is 1.81 bits per heavy atom. The fourth-order valence-electron chi connectivity index (χ4n) is 0.912. The first-order valence-corrected chi connectivity index (χ1v) is 4.79. The van der Waals surface area contributed by atoms with Crippen molar-refractivity contribution in [1.82, 2.24) is 15.1 Å². The van der Waals surface area contributed by atoms with Crippen molar-refractivity contribution in [1.29, 1.82) is 0 Å². The van der Waals surface area contributed by atoms with Gasteiger partial charge in [-0.1, -0.05) is 0 Å². The van der Waals surface area contributed by atoms with Crippen LogP contribution in [0.5, 0.6) is 0 Å². The third kappa shape index (κ3) is 5.18. The summed E-state index contributed by atoms with van der Waals surface area (Å²) in [6.45, 7) is 0. The average Bonchev–Trinajstić information content (AvgIpc) is 3.10. The summed E-state index contributed by atoms with van der Waals surface area (Å²) in [4.78, 5) is 33.3. The zero-order valence-electron chi connectivity index (χ0n) is 9.64. The third-order valence-electron chi connectivity index (χ3n) is 2.07. The zero-order valence-corrected chi connectivity index (χ0v) is 9.64. The standard InChI is InChI=1S/C7H12N2O2.C2H5NO2/c1-8(5-10)7(11)9(2)6-3-4-6;1-3-2(4)5/h5-6H,3-4H2,1-2H3;3H,1H3,(H,4,5). The van der Waals surface area contributed by atoms with Gasteiger partial charge in [0.05, 0.1) is 0 Å². The quantitative estimate of drug-likeness (QED) is 0.663. The van der Waals surface area contributed by atoms with Crippen molar-refractivity contribution in [2.24, 2.45) is 0 Å². The molecule has 1 aliphatic rings.